The fraction of sp³-hybridized carbons (Fsp3) is 0.421. The number of piperazine rings is 1. The van der Waals surface area contributed by atoms with Crippen LogP contribution in [0.3, 0.4) is 0 Å². The number of nitrogens with one attached hydrogen (secondary N) is 1. The van der Waals surface area contributed by atoms with Crippen molar-refractivity contribution in [2.45, 2.75) is 26.8 Å². The van der Waals surface area contributed by atoms with Crippen LogP contribution >= 0.6 is 0 Å². The van der Waals surface area contributed by atoms with Gasteiger partial charge in [-0.2, -0.15) is 0 Å². The molecule has 0 saturated carbocycles. The predicted octanol–water partition coefficient (Wildman–Crippen LogP) is 3.00. The Balaban J connectivity index is 2.07. The van der Waals surface area contributed by atoms with E-state index in [1.165, 1.54) is 27.8 Å². The highest BCUT2D eigenvalue weighted by atomic mass is 15.2. The third kappa shape index (κ3) is 3.21. The molecule has 2 aromatic rings. The molecule has 1 saturated heterocycles. The molecule has 116 valence electrons. The molecule has 1 atom stereocenters. The highest BCUT2D eigenvalue weighted by Crippen LogP contribution is 2.31. The third-order valence-corrected chi connectivity index (χ3v) is 4.43. The van der Waals surface area contributed by atoms with Gasteiger partial charge in [0, 0.05) is 38.6 Å². The zero-order chi connectivity index (χ0) is 15.5. The van der Waals surface area contributed by atoms with Crippen LogP contribution in [-0.4, -0.2) is 36.1 Å². The van der Waals surface area contributed by atoms with Crippen molar-refractivity contribution < 1.29 is 0 Å². The smallest absolute Gasteiger partial charge is 0.0606 e. The Hall–Kier alpha value is -1.71. The van der Waals surface area contributed by atoms with Gasteiger partial charge < -0.3 is 5.32 Å². The molecule has 22 heavy (non-hydrogen) atoms. The zero-order valence-electron chi connectivity index (χ0n) is 13.8. The van der Waals surface area contributed by atoms with E-state index < -0.39 is 0 Å². The molecule has 1 N–H and O–H groups in total. The summed E-state index contributed by atoms with van der Waals surface area (Å²) in [5, 5.41) is 3.46. The molecule has 3 heteroatoms. The number of benzene rings is 1. The lowest BCUT2D eigenvalue weighted by molar-refractivity contribution is 0.198. The summed E-state index contributed by atoms with van der Waals surface area (Å²) in [6.45, 7) is 10.8. The quantitative estimate of drug-likeness (QED) is 0.943. The van der Waals surface area contributed by atoms with Crippen molar-refractivity contribution in [2.24, 2.45) is 0 Å². The van der Waals surface area contributed by atoms with Crippen molar-refractivity contribution in [3.8, 4) is 0 Å². The Morgan fingerprint density at radius 2 is 1.73 bits per heavy atom. The third-order valence-electron chi connectivity index (χ3n) is 4.43. The molecule has 0 spiro atoms. The van der Waals surface area contributed by atoms with Gasteiger partial charge in [-0.1, -0.05) is 29.3 Å². The van der Waals surface area contributed by atoms with Crippen LogP contribution in [0.2, 0.25) is 0 Å². The molecule has 1 unspecified atom stereocenters. The summed E-state index contributed by atoms with van der Waals surface area (Å²) in [7, 11) is 0. The summed E-state index contributed by atoms with van der Waals surface area (Å²) in [5.41, 5.74) is 6.71. The summed E-state index contributed by atoms with van der Waals surface area (Å²) in [6.07, 6.45) is 3.90. The minimum Gasteiger partial charge on any atom is -0.314 e. The molecule has 1 aromatic heterocycles. The van der Waals surface area contributed by atoms with Crippen LogP contribution < -0.4 is 5.32 Å². The highest BCUT2D eigenvalue weighted by molar-refractivity contribution is 5.39. The van der Waals surface area contributed by atoms with Crippen LogP contribution in [0.15, 0.2) is 36.7 Å². The highest BCUT2D eigenvalue weighted by Gasteiger charge is 2.25. The summed E-state index contributed by atoms with van der Waals surface area (Å²) in [6, 6.07) is 9.42. The van der Waals surface area contributed by atoms with E-state index in [2.05, 4.69) is 60.2 Å². The maximum Gasteiger partial charge on any atom is 0.0606 e. The van der Waals surface area contributed by atoms with Crippen molar-refractivity contribution in [3.05, 3.63) is 64.5 Å². The van der Waals surface area contributed by atoms with Gasteiger partial charge >= 0.3 is 0 Å². The van der Waals surface area contributed by atoms with E-state index in [9.17, 15) is 0 Å². The average molecular weight is 295 g/mol. The van der Waals surface area contributed by atoms with Crippen LogP contribution in [0.5, 0.6) is 0 Å². The molecule has 1 fully saturated rings. The van der Waals surface area contributed by atoms with Crippen LogP contribution in [0.4, 0.5) is 0 Å². The maximum absolute atomic E-state index is 4.27. The van der Waals surface area contributed by atoms with Gasteiger partial charge in [0.1, 0.15) is 0 Å². The first-order valence-electron chi connectivity index (χ1n) is 8.08. The molecular weight excluding hydrogens is 270 g/mol. The van der Waals surface area contributed by atoms with Gasteiger partial charge in [-0.15, -0.1) is 0 Å². The molecule has 0 aliphatic carbocycles. The summed E-state index contributed by atoms with van der Waals surface area (Å²) >= 11 is 0. The number of rotatable bonds is 3. The molecule has 1 aliphatic rings. The Morgan fingerprint density at radius 3 is 2.36 bits per heavy atom. The minimum absolute atomic E-state index is 0.323. The van der Waals surface area contributed by atoms with Gasteiger partial charge in [-0.05, 0) is 43.5 Å². The van der Waals surface area contributed by atoms with E-state index in [1.54, 1.807) is 0 Å². The van der Waals surface area contributed by atoms with Crippen LogP contribution in [-0.2, 0) is 0 Å². The Kier molecular flexibility index (Phi) is 4.55. The average Bonchev–Trinajstić information content (AvgIpc) is 2.50. The van der Waals surface area contributed by atoms with E-state index in [-0.39, 0.29) is 0 Å². The second kappa shape index (κ2) is 6.59. The first-order valence-corrected chi connectivity index (χ1v) is 8.08. The number of nitrogens with zero attached hydrogens (tertiary/aromatic N) is 2. The maximum atomic E-state index is 4.27. The van der Waals surface area contributed by atoms with Crippen molar-refractivity contribution in [3.63, 3.8) is 0 Å². The van der Waals surface area contributed by atoms with E-state index in [0.29, 0.717) is 6.04 Å². The predicted molar refractivity (Wildman–Crippen MR) is 91.2 cm³/mol. The molecule has 0 amide bonds. The number of hydrogen-bond acceptors (Lipinski definition) is 3. The molecule has 2 heterocycles. The minimum atomic E-state index is 0.323. The van der Waals surface area contributed by atoms with E-state index in [1.807, 2.05) is 12.4 Å². The van der Waals surface area contributed by atoms with Crippen LogP contribution in [0.25, 0.3) is 0 Å². The first kappa shape index (κ1) is 15.2. The van der Waals surface area contributed by atoms with Gasteiger partial charge in [0.15, 0.2) is 0 Å². The van der Waals surface area contributed by atoms with Crippen molar-refractivity contribution in [1.82, 2.24) is 15.2 Å². The number of aromatic nitrogens is 1. The summed E-state index contributed by atoms with van der Waals surface area (Å²) in [5.74, 6) is 0. The molecule has 1 aliphatic heterocycles. The number of hydrogen-bond donors (Lipinski definition) is 1. The molecule has 3 nitrogen and oxygen atoms in total. The largest absolute Gasteiger partial charge is 0.314 e. The normalized spacial score (nSPS) is 17.4. The van der Waals surface area contributed by atoms with Crippen LogP contribution in [0, 0.1) is 20.8 Å². The topological polar surface area (TPSA) is 28.2 Å². The van der Waals surface area contributed by atoms with Crippen molar-refractivity contribution >= 4 is 0 Å². The number of aryl methyl sites for hydroxylation is 3. The van der Waals surface area contributed by atoms with Crippen molar-refractivity contribution in [2.75, 3.05) is 26.2 Å². The summed E-state index contributed by atoms with van der Waals surface area (Å²) in [4.78, 5) is 6.86. The SMILES string of the molecule is Cc1cc(C)cc(C(c2ccncc2C)N2CCNCC2)c1. The van der Waals surface area contributed by atoms with Gasteiger partial charge in [0.05, 0.1) is 6.04 Å². The lowest BCUT2D eigenvalue weighted by Gasteiger charge is -2.36. The van der Waals surface area contributed by atoms with Gasteiger partial charge in [-0.3, -0.25) is 9.88 Å². The first-order chi connectivity index (χ1) is 10.6. The number of pyridine rings is 1. The summed E-state index contributed by atoms with van der Waals surface area (Å²) < 4.78 is 0. The van der Waals surface area contributed by atoms with Gasteiger partial charge in [0.2, 0.25) is 0 Å². The van der Waals surface area contributed by atoms with Crippen LogP contribution in [0.1, 0.15) is 33.9 Å². The van der Waals surface area contributed by atoms with Crippen molar-refractivity contribution in [1.29, 1.82) is 0 Å². The van der Waals surface area contributed by atoms with E-state index in [4.69, 9.17) is 0 Å². The van der Waals surface area contributed by atoms with Gasteiger partial charge in [-0.25, -0.2) is 0 Å². The molecule has 0 radical (unpaired) electrons. The Bertz CT molecular complexity index is 625. The Morgan fingerprint density at radius 1 is 1.05 bits per heavy atom. The Labute approximate surface area is 133 Å². The lowest BCUT2D eigenvalue weighted by Crippen LogP contribution is -2.45. The molecule has 3 rings (SSSR count). The standard InChI is InChI=1S/C19H25N3/c1-14-10-15(2)12-17(11-14)19(22-8-6-20-7-9-22)18-4-5-21-13-16(18)3/h4-5,10-13,19-20H,6-9H2,1-3H3. The van der Waals surface area contributed by atoms with Gasteiger partial charge in [0.25, 0.3) is 0 Å². The zero-order valence-corrected chi connectivity index (χ0v) is 13.8. The molecule has 0 bridgehead atoms. The van der Waals surface area contributed by atoms with E-state index in [0.717, 1.165) is 26.2 Å². The molecule has 1 aromatic carbocycles. The second-order valence-corrected chi connectivity index (χ2v) is 6.34. The monoisotopic (exact) mass is 295 g/mol. The second-order valence-electron chi connectivity index (χ2n) is 6.34. The fourth-order valence-electron chi connectivity index (χ4n) is 3.49. The van der Waals surface area contributed by atoms with E-state index >= 15 is 0 Å². The molecular formula is C19H25N3. The fourth-order valence-corrected chi connectivity index (χ4v) is 3.49. The lowest BCUT2D eigenvalue weighted by atomic mass is 9.92.